The number of hydrogen-bond acceptors (Lipinski definition) is 16. The molecule has 0 spiro atoms. The third kappa shape index (κ3) is 25.0. The molecule has 7 N–H and O–H groups in total. The lowest BCUT2D eigenvalue weighted by Gasteiger charge is -2.26. The van der Waals surface area contributed by atoms with Gasteiger partial charge in [0, 0.05) is 95.0 Å². The van der Waals surface area contributed by atoms with Gasteiger partial charge in [0.2, 0.25) is 10.0 Å². The molecule has 14 aromatic rings. The molecule has 24 nitrogen and oxygen atoms in total. The lowest BCUT2D eigenvalue weighted by Crippen LogP contribution is -2.41. The van der Waals surface area contributed by atoms with E-state index in [0.717, 1.165) is 174 Å². The predicted octanol–water partition coefficient (Wildman–Crippen LogP) is 21.6. The highest BCUT2D eigenvalue weighted by Crippen LogP contribution is 2.38. The van der Waals surface area contributed by atoms with Crippen LogP contribution >= 0.6 is 0 Å². The SMILES string of the molecule is CCC/C=C/c1ccc(-c2cc(-c3ccc(N(C)C)cc3)c(-c3ncn[nH]3)c(=O)[nH]2)cc1.CCCCOc1ccc(-c2cc(-c3ccc(C)cc3)c(C(=O)NC3CCC3)c(=O)[nH]2)cc1.CCCCOc1ccc(-c2cc(-c3ccc(C)cc3)c(CC(=O)c3ccccc3)c(=O)[nH]2)cc1.CCCCOc1ccc(-c2cc(-c3ccn(C4CCC4)n3)c(C(=O)NS(=O)(=O)C3CC3)c(=O)[nH]2)c(F)c1. The fourth-order valence-corrected chi connectivity index (χ4v) is 16.8. The Labute approximate surface area is 785 Å². The Hall–Kier alpha value is -14.7. The van der Waals surface area contributed by atoms with Crippen molar-refractivity contribution in [2.75, 3.05) is 38.8 Å². The predicted molar refractivity (Wildman–Crippen MR) is 534 cm³/mol. The van der Waals surface area contributed by atoms with Crippen LogP contribution in [0.2, 0.25) is 0 Å². The van der Waals surface area contributed by atoms with Gasteiger partial charge in [-0.05, 0) is 239 Å². The molecular formula is C109H115FN12O12S. The number of aryl methyl sites for hydroxylation is 2. The van der Waals surface area contributed by atoms with Gasteiger partial charge in [-0.3, -0.25) is 43.3 Å². The fraction of sp³-hybridized carbons (Fsp3) is 0.284. The lowest BCUT2D eigenvalue weighted by molar-refractivity contribution is 0.0914. The first-order valence-corrected chi connectivity index (χ1v) is 48.0. The Morgan fingerprint density at radius 3 is 1.53 bits per heavy atom. The summed E-state index contributed by atoms with van der Waals surface area (Å²) in [7, 11) is 0.114. The molecule has 696 valence electrons. The number of unbranched alkanes of at least 4 members (excludes halogenated alkanes) is 4. The van der Waals surface area contributed by atoms with E-state index in [2.05, 4.69) is 90.6 Å². The number of allylic oxidation sites excluding steroid dienone is 1. The fourth-order valence-electron chi connectivity index (χ4n) is 15.5. The van der Waals surface area contributed by atoms with Crippen molar-refractivity contribution in [1.29, 1.82) is 0 Å². The zero-order valence-corrected chi connectivity index (χ0v) is 78.3. The van der Waals surface area contributed by atoms with Crippen molar-refractivity contribution in [1.82, 2.24) is 54.9 Å². The summed E-state index contributed by atoms with van der Waals surface area (Å²) in [5.74, 6) is 0.401. The van der Waals surface area contributed by atoms with Crippen LogP contribution < -0.4 is 51.4 Å². The van der Waals surface area contributed by atoms with Gasteiger partial charge in [0.25, 0.3) is 34.1 Å². The Morgan fingerprint density at radius 1 is 0.511 bits per heavy atom. The number of ketones is 1. The number of pyridine rings is 4. The average Bonchev–Trinajstić information content (AvgIpc) is 1.68. The van der Waals surface area contributed by atoms with E-state index in [1.54, 1.807) is 35.1 Å². The highest BCUT2D eigenvalue weighted by atomic mass is 32.2. The van der Waals surface area contributed by atoms with Crippen LogP contribution in [-0.2, 0) is 16.4 Å². The van der Waals surface area contributed by atoms with Gasteiger partial charge >= 0.3 is 0 Å². The number of H-pyrrole nitrogens is 5. The highest BCUT2D eigenvalue weighted by Gasteiger charge is 2.38. The van der Waals surface area contributed by atoms with Crippen LogP contribution in [0.15, 0.2) is 262 Å². The molecule has 135 heavy (non-hydrogen) atoms. The maximum atomic E-state index is 15.1. The molecule has 6 aromatic heterocycles. The average molecular weight is 1840 g/mol. The van der Waals surface area contributed by atoms with Crippen LogP contribution in [0.4, 0.5) is 10.1 Å². The van der Waals surface area contributed by atoms with E-state index in [-0.39, 0.29) is 74.8 Å². The van der Waals surface area contributed by atoms with Gasteiger partial charge in [0.05, 0.1) is 48.1 Å². The van der Waals surface area contributed by atoms with Gasteiger partial charge in [-0.15, -0.1) is 0 Å². The summed E-state index contributed by atoms with van der Waals surface area (Å²) in [6.45, 7) is 14.3. The molecule has 0 radical (unpaired) electrons. The first-order chi connectivity index (χ1) is 65.4. The Bertz CT molecular complexity index is 6820. The lowest BCUT2D eigenvalue weighted by atomic mass is 9.92. The van der Waals surface area contributed by atoms with E-state index in [4.69, 9.17) is 14.2 Å². The molecule has 26 heteroatoms. The molecule has 0 saturated heterocycles. The second-order valence-corrected chi connectivity index (χ2v) is 36.4. The van der Waals surface area contributed by atoms with E-state index in [1.807, 2.05) is 214 Å². The number of aromatic nitrogens is 9. The summed E-state index contributed by atoms with van der Waals surface area (Å²) in [5, 5.41) is 13.7. The number of carbonyl (C=O) groups excluding carboxylic acids is 3. The molecular weight excluding hydrogens is 1720 g/mol. The van der Waals surface area contributed by atoms with Crippen LogP contribution in [0.3, 0.4) is 0 Å². The van der Waals surface area contributed by atoms with Crippen molar-refractivity contribution in [2.24, 2.45) is 0 Å². The van der Waals surface area contributed by atoms with Gasteiger partial charge in [-0.2, -0.15) is 10.2 Å². The van der Waals surface area contributed by atoms with Crippen molar-refractivity contribution >= 4 is 39.4 Å². The normalized spacial score (nSPS) is 12.9. The van der Waals surface area contributed by atoms with E-state index in [1.165, 1.54) is 24.5 Å². The van der Waals surface area contributed by atoms with Crippen molar-refractivity contribution in [3.05, 3.63) is 329 Å². The molecule has 2 amide bonds. The first-order valence-electron chi connectivity index (χ1n) is 46.5. The molecule has 6 heterocycles. The maximum absolute atomic E-state index is 15.1. The van der Waals surface area contributed by atoms with Crippen LogP contribution in [0.25, 0.3) is 107 Å². The number of carbonyl (C=O) groups is 3. The minimum Gasteiger partial charge on any atom is -0.494 e. The van der Waals surface area contributed by atoms with Gasteiger partial charge in [0.15, 0.2) is 11.6 Å². The standard InChI is InChI=1S/C30H29NO3.C27H30N2O3.C26H29FN4O5S.C26H27N5O/c1-3-4-18-34-25-16-14-23(15-17-25)28-19-26(22-12-10-21(2)11-13-22)27(30(33)31-28)20-29(32)24-8-6-5-7-9-24;1-3-4-16-32-22-14-12-20(13-15-22)24-17-23(19-10-8-18(2)9-11-19)25(27(31)29-24)26(30)28-21-6-5-7-21;1-2-3-13-36-17-7-10-19(21(27)14-17)23-15-20(22-11-12-31(29-22)16-5-4-6-16)24(25(32)28-23)26(33)30-37(34,35)18-8-9-18;1-4-5-6-7-18-8-10-20(11-9-18)23-16-22(19-12-14-21(15-13-19)31(2)3)24(26(32)29-23)25-27-17-28-30-25/h5-17,19H,3-4,18,20H2,1-2H3,(H,31,33);8-15,17,21H,3-7,16H2,1-2H3,(H,28,30)(H,29,31);7,10-12,14-16,18H,2-6,8-9,13H2,1H3,(H,28,32)(H,30,33);6-17H,4-5H2,1-3H3,(H,29,32)(H,27,28,30)/b;;;7-6+. The van der Waals surface area contributed by atoms with Crippen LogP contribution in [0.5, 0.6) is 17.2 Å². The van der Waals surface area contributed by atoms with Crippen molar-refractivity contribution in [3.63, 3.8) is 0 Å². The van der Waals surface area contributed by atoms with Gasteiger partial charge in [-0.25, -0.2) is 22.5 Å². The summed E-state index contributed by atoms with van der Waals surface area (Å²) >= 11 is 0. The molecule has 0 aliphatic heterocycles. The van der Waals surface area contributed by atoms with E-state index in [0.29, 0.717) is 83.6 Å². The van der Waals surface area contributed by atoms with Crippen molar-refractivity contribution < 1.29 is 41.4 Å². The summed E-state index contributed by atoms with van der Waals surface area (Å²) in [4.78, 5) is 109. The number of benzene rings is 8. The van der Waals surface area contributed by atoms with Crippen molar-refractivity contribution in [2.45, 2.75) is 168 Å². The van der Waals surface area contributed by atoms with E-state index < -0.39 is 32.6 Å². The monoisotopic (exact) mass is 1830 g/mol. The number of anilines is 1. The smallest absolute Gasteiger partial charge is 0.271 e. The maximum Gasteiger partial charge on any atom is 0.271 e. The Balaban J connectivity index is 0.000000144. The van der Waals surface area contributed by atoms with E-state index in [9.17, 15) is 42.0 Å². The molecule has 0 bridgehead atoms. The molecule has 3 saturated carbocycles. The summed E-state index contributed by atoms with van der Waals surface area (Å²) in [5.41, 5.74) is 14.6. The molecule has 8 aromatic carbocycles. The zero-order chi connectivity index (χ0) is 95.1. The molecule has 3 aliphatic carbocycles. The summed E-state index contributed by atoms with van der Waals surface area (Å²) in [6, 6.07) is 70.5. The number of halogens is 1. The molecule has 17 rings (SSSR count). The summed E-state index contributed by atoms with van der Waals surface area (Å²) in [6.07, 6.45) is 22.7. The first kappa shape index (κ1) is 96.4. The molecule has 0 unspecified atom stereocenters. The number of hydrogen-bond donors (Lipinski definition) is 7. The molecule has 3 fully saturated rings. The van der Waals surface area contributed by atoms with Crippen LogP contribution in [0.1, 0.15) is 190 Å². The molecule has 0 atom stereocenters. The number of nitrogens with zero attached hydrogens (tertiary/aromatic N) is 5. The number of nitrogens with one attached hydrogen (secondary N) is 7. The quantitative estimate of drug-likeness (QED) is 0.0146. The number of sulfonamides is 1. The van der Waals surface area contributed by atoms with Crippen molar-refractivity contribution in [3.8, 4) is 118 Å². The number of ether oxygens (including phenoxy) is 3. The zero-order valence-electron chi connectivity index (χ0n) is 77.5. The largest absolute Gasteiger partial charge is 0.494 e. The second-order valence-electron chi connectivity index (χ2n) is 34.4. The minimum atomic E-state index is -3.89. The highest BCUT2D eigenvalue weighted by molar-refractivity contribution is 7.91. The van der Waals surface area contributed by atoms with Gasteiger partial charge < -0.3 is 44.4 Å². The number of rotatable bonds is 34. The molecule has 3 aliphatic rings. The Kier molecular flexibility index (Phi) is 32.6. The second kappa shape index (κ2) is 45.6. The van der Waals surface area contributed by atoms with E-state index >= 15 is 4.39 Å². The number of aromatic amines is 5. The third-order valence-corrected chi connectivity index (χ3v) is 25.8. The van der Waals surface area contributed by atoms with Crippen LogP contribution in [-0.4, -0.2) is 116 Å². The van der Waals surface area contributed by atoms with Gasteiger partial charge in [0.1, 0.15) is 40.5 Å². The number of amides is 2. The minimum absolute atomic E-state index is 0.0348. The van der Waals surface area contributed by atoms with Gasteiger partial charge in [-0.1, -0.05) is 192 Å². The van der Waals surface area contributed by atoms with Crippen LogP contribution in [0, 0.1) is 19.7 Å². The Morgan fingerprint density at radius 2 is 1.01 bits per heavy atom. The number of Topliss-reactive ketones (excluding diaryl/α,β-unsaturated/α-hetero) is 1. The topological polar surface area (TPSA) is 331 Å². The summed E-state index contributed by atoms with van der Waals surface area (Å²) < 4.78 is 60.8. The third-order valence-electron chi connectivity index (χ3n) is 24.0.